The molecule has 0 bridgehead atoms. The Morgan fingerprint density at radius 3 is 2.28 bits per heavy atom. The van der Waals surface area contributed by atoms with Crippen molar-refractivity contribution in [2.75, 3.05) is 10.7 Å². The Bertz CT molecular complexity index is 891. The summed E-state index contributed by atoms with van der Waals surface area (Å²) in [6.07, 6.45) is 0. The fourth-order valence-electron chi connectivity index (χ4n) is 2.61. The van der Waals surface area contributed by atoms with Gasteiger partial charge in [-0.2, -0.15) is 0 Å². The number of carbonyl (C=O) groups excluding carboxylic acids is 2. The number of imide groups is 1. The molecule has 0 radical (unpaired) electrons. The quantitative estimate of drug-likeness (QED) is 0.660. The third-order valence-corrected chi connectivity index (χ3v) is 5.49. The first-order chi connectivity index (χ1) is 11.9. The molecule has 2 aromatic carbocycles. The summed E-state index contributed by atoms with van der Waals surface area (Å²) in [5.74, 6) is 0.0263. The van der Waals surface area contributed by atoms with Crippen LogP contribution in [0.2, 0.25) is 10.0 Å². The molecule has 1 heterocycles. The van der Waals surface area contributed by atoms with Crippen LogP contribution in [0.15, 0.2) is 47.4 Å². The summed E-state index contributed by atoms with van der Waals surface area (Å²) >= 11 is 13.5. The van der Waals surface area contributed by atoms with Crippen molar-refractivity contribution in [3.8, 4) is 0 Å². The first kappa shape index (κ1) is 18.1. The highest BCUT2D eigenvalue weighted by molar-refractivity contribution is 8.04. The van der Waals surface area contributed by atoms with Gasteiger partial charge in [-0.3, -0.25) is 9.59 Å². The highest BCUT2D eigenvalue weighted by atomic mass is 35.5. The lowest BCUT2D eigenvalue weighted by Gasteiger charge is -2.16. The van der Waals surface area contributed by atoms with Gasteiger partial charge in [-0.05, 0) is 48.1 Å². The minimum atomic E-state index is -0.344. The number of aryl methyl sites for hydroxylation is 1. The average molecular weight is 392 g/mol. The first-order valence-electron chi connectivity index (χ1n) is 7.72. The van der Waals surface area contributed by atoms with Crippen molar-refractivity contribution in [3.63, 3.8) is 0 Å². The molecule has 0 saturated carbocycles. The van der Waals surface area contributed by atoms with Gasteiger partial charge >= 0.3 is 0 Å². The summed E-state index contributed by atoms with van der Waals surface area (Å²) < 4.78 is 0. The number of thioether (sulfide) groups is 1. The summed E-state index contributed by atoms with van der Waals surface area (Å²) in [4.78, 5) is 27.6. The average Bonchev–Trinajstić information content (AvgIpc) is 2.82. The molecule has 6 heteroatoms. The molecule has 0 spiro atoms. The molecule has 0 aliphatic carbocycles. The molecule has 0 saturated heterocycles. The minimum absolute atomic E-state index is 0.318. The Labute approximate surface area is 160 Å². The van der Waals surface area contributed by atoms with Crippen molar-refractivity contribution in [1.82, 2.24) is 0 Å². The molecule has 0 fully saturated rings. The summed E-state index contributed by atoms with van der Waals surface area (Å²) in [5.41, 5.74) is 2.45. The standard InChI is InChI=1S/C19H15Cl2NO2S/c1-3-25-17-16(12-5-7-13(20)8-6-12)18(23)22(19(17)24)14-9-4-11(2)15(21)10-14/h4-10H,3H2,1-2H3. The number of halogens is 2. The molecule has 1 aliphatic rings. The number of hydrogen-bond donors (Lipinski definition) is 0. The third kappa shape index (κ3) is 3.34. The zero-order valence-electron chi connectivity index (χ0n) is 13.7. The van der Waals surface area contributed by atoms with Crippen molar-refractivity contribution in [3.05, 3.63) is 68.5 Å². The van der Waals surface area contributed by atoms with Gasteiger partial charge in [0.25, 0.3) is 11.8 Å². The third-order valence-electron chi connectivity index (χ3n) is 3.88. The zero-order chi connectivity index (χ0) is 18.1. The van der Waals surface area contributed by atoms with Crippen LogP contribution >= 0.6 is 35.0 Å². The Kier molecular flexibility index (Phi) is 5.23. The lowest BCUT2D eigenvalue weighted by atomic mass is 10.1. The SMILES string of the molecule is CCSC1=C(c2ccc(Cl)cc2)C(=O)N(c2ccc(C)c(Cl)c2)C1=O. The van der Waals surface area contributed by atoms with E-state index < -0.39 is 0 Å². The molecule has 3 nitrogen and oxygen atoms in total. The van der Waals surface area contributed by atoms with Crippen molar-refractivity contribution in [2.45, 2.75) is 13.8 Å². The van der Waals surface area contributed by atoms with Crippen LogP contribution in [0, 0.1) is 6.92 Å². The van der Waals surface area contributed by atoms with Gasteiger partial charge in [-0.25, -0.2) is 4.90 Å². The van der Waals surface area contributed by atoms with Crippen LogP contribution in [0.4, 0.5) is 5.69 Å². The van der Waals surface area contributed by atoms with E-state index in [4.69, 9.17) is 23.2 Å². The summed E-state index contributed by atoms with van der Waals surface area (Å²) in [6, 6.07) is 12.1. The van der Waals surface area contributed by atoms with E-state index in [1.54, 1.807) is 42.5 Å². The van der Waals surface area contributed by atoms with Gasteiger partial charge in [-0.15, -0.1) is 11.8 Å². The van der Waals surface area contributed by atoms with Crippen LogP contribution in [-0.4, -0.2) is 17.6 Å². The van der Waals surface area contributed by atoms with E-state index >= 15 is 0 Å². The van der Waals surface area contributed by atoms with Crippen LogP contribution < -0.4 is 4.90 Å². The van der Waals surface area contributed by atoms with Gasteiger partial charge in [0.1, 0.15) is 0 Å². The van der Waals surface area contributed by atoms with Gasteiger partial charge in [0, 0.05) is 10.0 Å². The van der Waals surface area contributed by atoms with Crippen molar-refractivity contribution >= 4 is 58.0 Å². The van der Waals surface area contributed by atoms with Crippen LogP contribution in [0.1, 0.15) is 18.1 Å². The van der Waals surface area contributed by atoms with E-state index in [1.807, 2.05) is 13.8 Å². The smallest absolute Gasteiger partial charge is 0.268 e. The van der Waals surface area contributed by atoms with Crippen LogP contribution in [0.25, 0.3) is 5.57 Å². The molecule has 2 amide bonds. The zero-order valence-corrected chi connectivity index (χ0v) is 16.0. The molecule has 128 valence electrons. The molecule has 3 rings (SSSR count). The van der Waals surface area contributed by atoms with Crippen molar-refractivity contribution in [2.24, 2.45) is 0 Å². The second-order valence-electron chi connectivity index (χ2n) is 5.52. The Morgan fingerprint density at radius 1 is 1.00 bits per heavy atom. The molecule has 0 unspecified atom stereocenters. The summed E-state index contributed by atoms with van der Waals surface area (Å²) in [5, 5.41) is 1.09. The van der Waals surface area contributed by atoms with Gasteiger partial charge < -0.3 is 0 Å². The number of nitrogens with zero attached hydrogens (tertiary/aromatic N) is 1. The van der Waals surface area contributed by atoms with Gasteiger partial charge in [0.15, 0.2) is 0 Å². The Morgan fingerprint density at radius 2 is 1.68 bits per heavy atom. The first-order valence-corrected chi connectivity index (χ1v) is 9.46. The van der Waals surface area contributed by atoms with Crippen LogP contribution in [-0.2, 0) is 9.59 Å². The Hall–Kier alpha value is -1.75. The number of benzene rings is 2. The molecule has 0 atom stereocenters. The number of hydrogen-bond acceptors (Lipinski definition) is 3. The van der Waals surface area contributed by atoms with Crippen LogP contribution in [0.3, 0.4) is 0 Å². The molecular weight excluding hydrogens is 377 g/mol. The van der Waals surface area contributed by atoms with E-state index in [-0.39, 0.29) is 11.8 Å². The van der Waals surface area contributed by atoms with E-state index in [0.717, 1.165) is 5.56 Å². The lowest BCUT2D eigenvalue weighted by molar-refractivity contribution is -0.119. The van der Waals surface area contributed by atoms with Gasteiger partial charge in [0.05, 0.1) is 16.2 Å². The second kappa shape index (κ2) is 7.24. The summed E-state index contributed by atoms with van der Waals surface area (Å²) in [7, 11) is 0. The minimum Gasteiger partial charge on any atom is -0.268 e. The molecule has 2 aromatic rings. The van der Waals surface area contributed by atoms with Gasteiger partial charge in [-0.1, -0.05) is 48.3 Å². The second-order valence-corrected chi connectivity index (χ2v) is 7.64. The lowest BCUT2D eigenvalue weighted by Crippen LogP contribution is -2.31. The maximum absolute atomic E-state index is 13.0. The topological polar surface area (TPSA) is 37.4 Å². The largest absolute Gasteiger partial charge is 0.272 e. The predicted molar refractivity (Wildman–Crippen MR) is 105 cm³/mol. The molecule has 0 N–H and O–H groups in total. The van der Waals surface area contributed by atoms with E-state index in [0.29, 0.717) is 37.5 Å². The summed E-state index contributed by atoms with van der Waals surface area (Å²) in [6.45, 7) is 3.82. The van der Waals surface area contributed by atoms with E-state index in [1.165, 1.54) is 16.7 Å². The maximum Gasteiger partial charge on any atom is 0.272 e. The number of rotatable bonds is 4. The Balaban J connectivity index is 2.09. The predicted octanol–water partition coefficient (Wildman–Crippen LogP) is 5.34. The van der Waals surface area contributed by atoms with E-state index in [9.17, 15) is 9.59 Å². The van der Waals surface area contributed by atoms with Crippen molar-refractivity contribution in [1.29, 1.82) is 0 Å². The fraction of sp³-hybridized carbons (Fsp3) is 0.158. The molecule has 1 aliphatic heterocycles. The fourth-order valence-corrected chi connectivity index (χ4v) is 3.77. The van der Waals surface area contributed by atoms with Crippen molar-refractivity contribution < 1.29 is 9.59 Å². The molecule has 25 heavy (non-hydrogen) atoms. The number of carbonyl (C=O) groups is 2. The normalized spacial score (nSPS) is 14.6. The number of anilines is 1. The maximum atomic E-state index is 13.0. The van der Waals surface area contributed by atoms with E-state index in [2.05, 4.69) is 0 Å². The molecule has 0 aromatic heterocycles. The highest BCUT2D eigenvalue weighted by Crippen LogP contribution is 2.39. The molecular formula is C19H15Cl2NO2S. The van der Waals surface area contributed by atoms with Gasteiger partial charge in [0.2, 0.25) is 0 Å². The number of amides is 2. The highest BCUT2D eigenvalue weighted by Gasteiger charge is 2.40. The monoisotopic (exact) mass is 391 g/mol. The van der Waals surface area contributed by atoms with Crippen LogP contribution in [0.5, 0.6) is 0 Å².